The Bertz CT molecular complexity index is 301. The van der Waals surface area contributed by atoms with Crippen LogP contribution >= 0.6 is 22.6 Å². The van der Waals surface area contributed by atoms with Gasteiger partial charge in [0.1, 0.15) is 9.52 Å². The number of nitrogens with one attached hydrogen (secondary N) is 1. The Morgan fingerprint density at radius 3 is 2.71 bits per heavy atom. The first-order chi connectivity index (χ1) is 6.75. The molecule has 0 spiro atoms. The fourth-order valence-corrected chi connectivity index (χ4v) is 2.40. The van der Waals surface area contributed by atoms with E-state index in [1.165, 1.54) is 5.56 Å². The predicted molar refractivity (Wildman–Crippen MR) is 66.8 cm³/mol. The standard InChI is InChI=1S/C10H14IN3/c1-8-6-9(11)13-10(7-8)14-4-2-12-3-5-14/h6-7,12H,2-5H2,1H3. The van der Waals surface area contributed by atoms with Crippen molar-refractivity contribution in [2.75, 3.05) is 31.1 Å². The van der Waals surface area contributed by atoms with Crippen LogP contribution in [-0.4, -0.2) is 31.2 Å². The number of piperazine rings is 1. The summed E-state index contributed by atoms with van der Waals surface area (Å²) in [5.41, 5.74) is 1.29. The molecule has 0 amide bonds. The molecular weight excluding hydrogens is 289 g/mol. The van der Waals surface area contributed by atoms with Gasteiger partial charge in [0.25, 0.3) is 0 Å². The van der Waals surface area contributed by atoms with Crippen molar-refractivity contribution in [2.24, 2.45) is 0 Å². The van der Waals surface area contributed by atoms with Gasteiger partial charge in [0.05, 0.1) is 0 Å². The van der Waals surface area contributed by atoms with E-state index in [0.717, 1.165) is 35.7 Å². The first kappa shape index (κ1) is 10.2. The van der Waals surface area contributed by atoms with Crippen LogP contribution in [0.3, 0.4) is 0 Å². The topological polar surface area (TPSA) is 28.2 Å². The molecule has 1 fully saturated rings. The van der Waals surface area contributed by atoms with Crippen molar-refractivity contribution in [2.45, 2.75) is 6.92 Å². The van der Waals surface area contributed by atoms with Gasteiger partial charge in [-0.25, -0.2) is 4.98 Å². The molecule has 0 unspecified atom stereocenters. The maximum atomic E-state index is 4.54. The molecule has 0 radical (unpaired) electrons. The van der Waals surface area contributed by atoms with E-state index in [4.69, 9.17) is 0 Å². The molecule has 1 aromatic rings. The molecule has 14 heavy (non-hydrogen) atoms. The highest BCUT2D eigenvalue weighted by Crippen LogP contribution is 2.16. The van der Waals surface area contributed by atoms with Crippen LogP contribution in [0, 0.1) is 10.6 Å². The normalized spacial score (nSPS) is 17.1. The summed E-state index contributed by atoms with van der Waals surface area (Å²) in [6, 6.07) is 4.26. The van der Waals surface area contributed by atoms with Crippen molar-refractivity contribution in [1.82, 2.24) is 10.3 Å². The number of aromatic nitrogens is 1. The van der Waals surface area contributed by atoms with Crippen LogP contribution in [0.5, 0.6) is 0 Å². The second-order valence-corrected chi connectivity index (χ2v) is 4.67. The minimum absolute atomic E-state index is 1.06. The molecule has 4 heteroatoms. The molecule has 76 valence electrons. The van der Waals surface area contributed by atoms with E-state index in [1.807, 2.05) is 0 Å². The van der Waals surface area contributed by atoms with E-state index >= 15 is 0 Å². The predicted octanol–water partition coefficient (Wildman–Crippen LogP) is 1.40. The van der Waals surface area contributed by atoms with Gasteiger partial charge in [0.2, 0.25) is 0 Å². The highest BCUT2D eigenvalue weighted by molar-refractivity contribution is 14.1. The number of aryl methyl sites for hydroxylation is 1. The first-order valence-corrected chi connectivity index (χ1v) is 5.93. The Morgan fingerprint density at radius 2 is 2.07 bits per heavy atom. The Balaban J connectivity index is 2.21. The molecule has 1 aliphatic heterocycles. The molecule has 2 rings (SSSR count). The minimum atomic E-state index is 1.06. The smallest absolute Gasteiger partial charge is 0.130 e. The third-order valence-corrected chi connectivity index (χ3v) is 2.92. The highest BCUT2D eigenvalue weighted by Gasteiger charge is 2.11. The van der Waals surface area contributed by atoms with E-state index in [0.29, 0.717) is 0 Å². The molecule has 0 aliphatic carbocycles. The molecule has 3 nitrogen and oxygen atoms in total. The van der Waals surface area contributed by atoms with E-state index in [9.17, 15) is 0 Å². The lowest BCUT2D eigenvalue weighted by Crippen LogP contribution is -2.43. The van der Waals surface area contributed by atoms with Gasteiger partial charge < -0.3 is 10.2 Å². The van der Waals surface area contributed by atoms with Gasteiger partial charge in [-0.15, -0.1) is 0 Å². The van der Waals surface area contributed by atoms with Crippen LogP contribution < -0.4 is 10.2 Å². The second kappa shape index (κ2) is 4.44. The zero-order valence-electron chi connectivity index (χ0n) is 8.26. The summed E-state index contributed by atoms with van der Waals surface area (Å²) >= 11 is 2.27. The van der Waals surface area contributed by atoms with Crippen molar-refractivity contribution < 1.29 is 0 Å². The number of nitrogens with zero attached hydrogens (tertiary/aromatic N) is 2. The Labute approximate surface area is 98.0 Å². The van der Waals surface area contributed by atoms with Gasteiger partial charge in [-0.3, -0.25) is 0 Å². The van der Waals surface area contributed by atoms with Gasteiger partial charge in [-0.2, -0.15) is 0 Å². The lowest BCUT2D eigenvalue weighted by Gasteiger charge is -2.28. The molecule has 1 aliphatic rings. The van der Waals surface area contributed by atoms with Gasteiger partial charge in [-0.05, 0) is 47.2 Å². The number of hydrogen-bond acceptors (Lipinski definition) is 3. The van der Waals surface area contributed by atoms with Crippen LogP contribution in [0.2, 0.25) is 0 Å². The summed E-state index contributed by atoms with van der Waals surface area (Å²) < 4.78 is 1.08. The SMILES string of the molecule is Cc1cc(I)nc(N2CCNCC2)c1. The van der Waals surface area contributed by atoms with Crippen molar-refractivity contribution in [3.05, 3.63) is 21.4 Å². The van der Waals surface area contributed by atoms with Gasteiger partial charge in [0, 0.05) is 26.2 Å². The van der Waals surface area contributed by atoms with Crippen molar-refractivity contribution in [1.29, 1.82) is 0 Å². The van der Waals surface area contributed by atoms with Gasteiger partial charge in [-0.1, -0.05) is 0 Å². The molecule has 0 saturated carbocycles. The molecule has 0 bridgehead atoms. The zero-order chi connectivity index (χ0) is 9.97. The Kier molecular flexibility index (Phi) is 3.22. The zero-order valence-corrected chi connectivity index (χ0v) is 10.4. The summed E-state index contributed by atoms with van der Waals surface area (Å²) in [6.07, 6.45) is 0. The summed E-state index contributed by atoms with van der Waals surface area (Å²) in [4.78, 5) is 6.88. The monoisotopic (exact) mass is 303 g/mol. The molecule has 1 aromatic heterocycles. The Hall–Kier alpha value is -0.360. The van der Waals surface area contributed by atoms with E-state index in [-0.39, 0.29) is 0 Å². The summed E-state index contributed by atoms with van der Waals surface area (Å²) in [5.74, 6) is 1.12. The number of rotatable bonds is 1. The molecule has 2 heterocycles. The quantitative estimate of drug-likeness (QED) is 0.628. The average Bonchev–Trinajstić information content (AvgIpc) is 2.18. The number of pyridine rings is 1. The second-order valence-electron chi connectivity index (χ2n) is 3.56. The molecular formula is C10H14IN3. The fourth-order valence-electron chi connectivity index (χ4n) is 1.66. The molecule has 1 saturated heterocycles. The molecule has 0 atom stereocenters. The van der Waals surface area contributed by atoms with E-state index in [2.05, 4.69) is 56.8 Å². The number of halogens is 1. The summed E-state index contributed by atoms with van der Waals surface area (Å²) in [7, 11) is 0. The summed E-state index contributed by atoms with van der Waals surface area (Å²) in [5, 5.41) is 3.34. The number of anilines is 1. The van der Waals surface area contributed by atoms with Crippen molar-refractivity contribution in [3.8, 4) is 0 Å². The number of hydrogen-bond donors (Lipinski definition) is 1. The minimum Gasteiger partial charge on any atom is -0.354 e. The molecule has 0 aromatic carbocycles. The maximum Gasteiger partial charge on any atom is 0.130 e. The van der Waals surface area contributed by atoms with Crippen LogP contribution in [0.15, 0.2) is 12.1 Å². The lowest BCUT2D eigenvalue weighted by molar-refractivity contribution is 0.584. The fraction of sp³-hybridized carbons (Fsp3) is 0.500. The van der Waals surface area contributed by atoms with E-state index < -0.39 is 0 Å². The largest absolute Gasteiger partial charge is 0.354 e. The maximum absolute atomic E-state index is 4.54. The highest BCUT2D eigenvalue weighted by atomic mass is 127. The van der Waals surface area contributed by atoms with Crippen molar-refractivity contribution >= 4 is 28.4 Å². The lowest BCUT2D eigenvalue weighted by atomic mass is 10.2. The van der Waals surface area contributed by atoms with Gasteiger partial charge in [0.15, 0.2) is 0 Å². The first-order valence-electron chi connectivity index (χ1n) is 4.85. The molecule has 1 N–H and O–H groups in total. The average molecular weight is 303 g/mol. The third kappa shape index (κ3) is 2.36. The van der Waals surface area contributed by atoms with Crippen LogP contribution in [0.1, 0.15) is 5.56 Å². The summed E-state index contributed by atoms with van der Waals surface area (Å²) in [6.45, 7) is 6.37. The van der Waals surface area contributed by atoms with Crippen LogP contribution in [0.25, 0.3) is 0 Å². The van der Waals surface area contributed by atoms with Crippen LogP contribution in [0.4, 0.5) is 5.82 Å². The van der Waals surface area contributed by atoms with E-state index in [1.54, 1.807) is 0 Å². The van der Waals surface area contributed by atoms with Crippen LogP contribution in [-0.2, 0) is 0 Å². The Morgan fingerprint density at radius 1 is 1.36 bits per heavy atom. The third-order valence-electron chi connectivity index (χ3n) is 2.37. The van der Waals surface area contributed by atoms with Crippen molar-refractivity contribution in [3.63, 3.8) is 0 Å². The van der Waals surface area contributed by atoms with Gasteiger partial charge >= 0.3 is 0 Å².